The smallest absolute Gasteiger partial charge is 0.387 e. The van der Waals surface area contributed by atoms with Crippen molar-refractivity contribution in [3.8, 4) is 0 Å². The van der Waals surface area contributed by atoms with E-state index in [4.69, 9.17) is 8.85 Å². The number of thiol groups is 1. The molecule has 0 radical (unpaired) electrons. The average molecular weight is 180 g/mol. The number of hydrogen-bond donors (Lipinski definition) is 1. The Morgan fingerprint density at radius 3 is 1.70 bits per heavy atom. The van der Waals surface area contributed by atoms with Crippen LogP contribution in [-0.4, -0.2) is 20.9 Å². The molecule has 0 unspecified atom stereocenters. The Labute approximate surface area is 69.2 Å². The molecule has 0 rings (SSSR count). The fourth-order valence-electron chi connectivity index (χ4n) is 0.697. The molecule has 0 bridgehead atoms. The Hall–Kier alpha value is 0.487. The molecular formula is C6H16O2SSi. The van der Waals surface area contributed by atoms with E-state index in [1.54, 1.807) is 0 Å². The molecule has 0 aliphatic rings. The van der Waals surface area contributed by atoms with Crippen LogP contribution in [0.15, 0.2) is 0 Å². The van der Waals surface area contributed by atoms with Crippen molar-refractivity contribution in [3.63, 3.8) is 0 Å². The van der Waals surface area contributed by atoms with Crippen LogP contribution < -0.4 is 0 Å². The third kappa shape index (κ3) is 3.61. The van der Waals surface area contributed by atoms with Gasteiger partial charge in [0.15, 0.2) is 0 Å². The largest absolute Gasteiger partial charge is 0.402 e. The monoisotopic (exact) mass is 180 g/mol. The van der Waals surface area contributed by atoms with E-state index in [1.165, 1.54) is 0 Å². The van der Waals surface area contributed by atoms with Crippen LogP contribution in [0.5, 0.6) is 0 Å². The number of hydrogen-bond acceptors (Lipinski definition) is 3. The van der Waals surface area contributed by atoms with E-state index in [9.17, 15) is 0 Å². The lowest BCUT2D eigenvalue weighted by Gasteiger charge is -2.22. The van der Waals surface area contributed by atoms with Crippen molar-refractivity contribution in [1.29, 1.82) is 0 Å². The molecule has 0 aromatic heterocycles. The molecule has 0 heterocycles. The molecule has 0 saturated carbocycles. The molecule has 10 heavy (non-hydrogen) atoms. The van der Waals surface area contributed by atoms with Crippen molar-refractivity contribution >= 4 is 19.8 Å². The highest BCUT2D eigenvalue weighted by Gasteiger charge is 2.29. The summed E-state index contributed by atoms with van der Waals surface area (Å²) in [7, 11) is -2.03. The molecule has 0 aromatic rings. The van der Waals surface area contributed by atoms with Gasteiger partial charge in [0.1, 0.15) is 0 Å². The minimum atomic E-state index is -2.03. The summed E-state index contributed by atoms with van der Waals surface area (Å²) in [5.41, 5.74) is 0. The summed E-state index contributed by atoms with van der Waals surface area (Å²) < 4.78 is 10.8. The highest BCUT2D eigenvalue weighted by Crippen LogP contribution is 2.16. The minimum Gasteiger partial charge on any atom is -0.387 e. The van der Waals surface area contributed by atoms with Crippen molar-refractivity contribution in [3.05, 3.63) is 0 Å². The van der Waals surface area contributed by atoms with Gasteiger partial charge < -0.3 is 8.85 Å². The summed E-state index contributed by atoms with van der Waals surface area (Å²) in [6.07, 6.45) is 0. The standard InChI is InChI=1S/C6H16O2SSi/c1-4-7-10(9,6-3)8-5-2/h9H,4-6H2,1-3H3. The second kappa shape index (κ2) is 5.18. The van der Waals surface area contributed by atoms with Crippen molar-refractivity contribution in [2.24, 2.45) is 0 Å². The van der Waals surface area contributed by atoms with E-state index in [0.29, 0.717) is 13.2 Å². The third-order valence-electron chi connectivity index (χ3n) is 1.19. The first-order valence-corrected chi connectivity index (χ1v) is 7.00. The second-order valence-electron chi connectivity index (χ2n) is 1.93. The second-order valence-corrected chi connectivity index (χ2v) is 6.69. The van der Waals surface area contributed by atoms with Crippen molar-refractivity contribution in [2.75, 3.05) is 13.2 Å². The molecule has 2 nitrogen and oxygen atoms in total. The molecule has 4 heteroatoms. The third-order valence-corrected chi connectivity index (χ3v) is 5.28. The molecule has 0 atom stereocenters. The summed E-state index contributed by atoms with van der Waals surface area (Å²) in [6.45, 7) is 7.37. The predicted octanol–water partition coefficient (Wildman–Crippen LogP) is 1.95. The topological polar surface area (TPSA) is 18.5 Å². The maximum atomic E-state index is 5.40. The number of rotatable bonds is 5. The lowest BCUT2D eigenvalue weighted by atomic mass is 10.9. The van der Waals surface area contributed by atoms with Crippen molar-refractivity contribution < 1.29 is 8.85 Å². The summed E-state index contributed by atoms with van der Waals surface area (Å²) in [6, 6.07) is 0.901. The van der Waals surface area contributed by atoms with E-state index in [2.05, 4.69) is 12.1 Å². The van der Waals surface area contributed by atoms with E-state index >= 15 is 0 Å². The molecule has 0 N–H and O–H groups in total. The lowest BCUT2D eigenvalue weighted by molar-refractivity contribution is 0.207. The molecule has 0 aliphatic heterocycles. The summed E-state index contributed by atoms with van der Waals surface area (Å²) in [5.74, 6) is 0. The molecule has 0 aromatic carbocycles. The quantitative estimate of drug-likeness (QED) is 0.515. The van der Waals surface area contributed by atoms with Crippen LogP contribution >= 0.6 is 12.1 Å². The van der Waals surface area contributed by atoms with Crippen molar-refractivity contribution in [1.82, 2.24) is 0 Å². The van der Waals surface area contributed by atoms with Gasteiger partial charge in [0.2, 0.25) is 0 Å². The lowest BCUT2D eigenvalue weighted by Crippen LogP contribution is -2.35. The van der Waals surface area contributed by atoms with Gasteiger partial charge in [-0.1, -0.05) is 6.92 Å². The zero-order valence-electron chi connectivity index (χ0n) is 6.89. The zero-order valence-corrected chi connectivity index (χ0v) is 8.78. The first-order chi connectivity index (χ1) is 4.68. The van der Waals surface area contributed by atoms with Gasteiger partial charge in [-0.3, -0.25) is 0 Å². The summed E-state index contributed by atoms with van der Waals surface area (Å²) in [5, 5.41) is 0. The van der Waals surface area contributed by atoms with Crippen LogP contribution in [-0.2, 0) is 8.85 Å². The minimum absolute atomic E-state index is 0.698. The first kappa shape index (κ1) is 10.5. The van der Waals surface area contributed by atoms with Crippen molar-refractivity contribution in [2.45, 2.75) is 26.8 Å². The molecule has 0 saturated heterocycles. The molecule has 62 valence electrons. The molecule has 0 spiro atoms. The molecule has 0 fully saturated rings. The maximum absolute atomic E-state index is 5.40. The van der Waals surface area contributed by atoms with Crippen LogP contribution in [0.4, 0.5) is 0 Å². The fraction of sp³-hybridized carbons (Fsp3) is 1.00. The van der Waals surface area contributed by atoms with Crippen LogP contribution in [0, 0.1) is 0 Å². The van der Waals surface area contributed by atoms with Gasteiger partial charge in [0.05, 0.1) is 0 Å². The van der Waals surface area contributed by atoms with Gasteiger partial charge in [0.25, 0.3) is 0 Å². The zero-order chi connectivity index (χ0) is 8.04. The Morgan fingerprint density at radius 1 is 1.10 bits per heavy atom. The highest BCUT2D eigenvalue weighted by molar-refractivity contribution is 8.12. The van der Waals surface area contributed by atoms with Gasteiger partial charge in [-0.15, -0.1) is 12.1 Å². The van der Waals surface area contributed by atoms with Crippen LogP contribution in [0.2, 0.25) is 6.04 Å². The molecule has 0 amide bonds. The fourth-order valence-corrected chi connectivity index (χ4v) is 2.87. The van der Waals surface area contributed by atoms with Crippen LogP contribution in [0.1, 0.15) is 20.8 Å². The van der Waals surface area contributed by atoms with Gasteiger partial charge in [-0.05, 0) is 19.9 Å². The maximum Gasteiger partial charge on any atom is 0.402 e. The first-order valence-electron chi connectivity index (χ1n) is 3.68. The van der Waals surface area contributed by atoms with E-state index in [1.807, 2.05) is 20.8 Å². The Bertz CT molecular complexity index is 83.8. The molecular weight excluding hydrogens is 164 g/mol. The predicted molar refractivity (Wildman–Crippen MR) is 48.5 cm³/mol. The van der Waals surface area contributed by atoms with Gasteiger partial charge in [0, 0.05) is 13.2 Å². The van der Waals surface area contributed by atoms with Crippen LogP contribution in [0.25, 0.3) is 0 Å². The van der Waals surface area contributed by atoms with Gasteiger partial charge >= 0.3 is 7.71 Å². The summed E-state index contributed by atoms with van der Waals surface area (Å²) >= 11 is 4.37. The van der Waals surface area contributed by atoms with E-state index in [0.717, 1.165) is 6.04 Å². The Morgan fingerprint density at radius 2 is 1.50 bits per heavy atom. The van der Waals surface area contributed by atoms with Gasteiger partial charge in [-0.25, -0.2) is 0 Å². The Balaban J connectivity index is 3.69. The normalized spacial score (nSPS) is 12.0. The van der Waals surface area contributed by atoms with Crippen LogP contribution in [0.3, 0.4) is 0 Å². The average Bonchev–Trinajstić information content (AvgIpc) is 1.89. The molecule has 0 aliphatic carbocycles. The Kier molecular flexibility index (Phi) is 5.43. The van der Waals surface area contributed by atoms with E-state index < -0.39 is 7.71 Å². The SMILES string of the molecule is CCO[Si](S)(CC)OCC. The summed E-state index contributed by atoms with van der Waals surface area (Å²) in [4.78, 5) is 0. The van der Waals surface area contributed by atoms with E-state index in [-0.39, 0.29) is 0 Å². The highest BCUT2D eigenvalue weighted by atomic mass is 32.3. The van der Waals surface area contributed by atoms with Gasteiger partial charge in [-0.2, -0.15) is 0 Å².